The maximum absolute atomic E-state index is 12.9. The molecule has 1 aliphatic rings. The predicted molar refractivity (Wildman–Crippen MR) is 156 cm³/mol. The van der Waals surface area contributed by atoms with Crippen LogP contribution in [0.3, 0.4) is 0 Å². The van der Waals surface area contributed by atoms with E-state index in [9.17, 15) is 11.4 Å². The quantitative estimate of drug-likeness (QED) is 0.186. The SMILES string of the molecule is [2H]C(Nc1cc(C(C)=O)c2ncc(C#N)c(Nc3cccc(Cl)c3)c2c1)(c1cn(C2CC2)nn1)c1ccccc1Cl. The minimum atomic E-state index is -1.66. The number of ketones is 1. The number of rotatable bonds is 8. The molecule has 40 heavy (non-hydrogen) atoms. The van der Waals surface area contributed by atoms with Gasteiger partial charge < -0.3 is 10.6 Å². The third-order valence-corrected chi connectivity index (χ3v) is 7.23. The molecular formula is C30H23Cl2N7O. The fourth-order valence-corrected chi connectivity index (χ4v) is 4.98. The summed E-state index contributed by atoms with van der Waals surface area (Å²) >= 11 is 12.8. The van der Waals surface area contributed by atoms with Crippen LogP contribution in [0.15, 0.2) is 73.1 Å². The second-order valence-electron chi connectivity index (χ2n) is 9.56. The Morgan fingerprint density at radius 2 is 1.98 bits per heavy atom. The number of pyridine rings is 1. The van der Waals surface area contributed by atoms with Gasteiger partial charge in [-0.2, -0.15) is 5.26 Å². The van der Waals surface area contributed by atoms with Crippen LogP contribution in [0, 0.1) is 11.3 Å². The first kappa shape index (κ1) is 24.6. The molecule has 0 bridgehead atoms. The van der Waals surface area contributed by atoms with Crippen LogP contribution in [0.4, 0.5) is 17.1 Å². The van der Waals surface area contributed by atoms with E-state index in [4.69, 9.17) is 23.2 Å². The lowest BCUT2D eigenvalue weighted by atomic mass is 10.00. The molecule has 0 aliphatic heterocycles. The van der Waals surface area contributed by atoms with Crippen molar-refractivity contribution in [3.8, 4) is 6.07 Å². The summed E-state index contributed by atoms with van der Waals surface area (Å²) in [6, 6.07) is 18.4. The first-order valence-electron chi connectivity index (χ1n) is 13.1. The van der Waals surface area contributed by atoms with Crippen molar-refractivity contribution in [3.63, 3.8) is 0 Å². The van der Waals surface area contributed by atoms with Gasteiger partial charge in [-0.15, -0.1) is 5.10 Å². The molecule has 0 radical (unpaired) electrons. The van der Waals surface area contributed by atoms with Crippen molar-refractivity contribution < 1.29 is 6.17 Å². The maximum Gasteiger partial charge on any atom is 0.162 e. The number of carbonyl (C=O) groups is 1. The van der Waals surface area contributed by atoms with Crippen LogP contribution in [0.1, 0.15) is 60.4 Å². The average molecular weight is 569 g/mol. The van der Waals surface area contributed by atoms with Crippen LogP contribution in [0.2, 0.25) is 10.0 Å². The number of nitrogens with zero attached hydrogens (tertiary/aromatic N) is 5. The summed E-state index contributed by atoms with van der Waals surface area (Å²) in [5.41, 5.74) is 3.39. The number of Topliss-reactive ketones (excluding diaryl/α,β-unsaturated/α-hetero) is 1. The van der Waals surface area contributed by atoms with Gasteiger partial charge in [-0.1, -0.05) is 52.7 Å². The summed E-state index contributed by atoms with van der Waals surface area (Å²) in [5.74, 6) is -0.224. The monoisotopic (exact) mass is 568 g/mol. The normalized spacial score (nSPS) is 14.7. The number of carbonyl (C=O) groups excluding carboxylic acids is 1. The van der Waals surface area contributed by atoms with Crippen molar-refractivity contribution in [2.45, 2.75) is 31.8 Å². The maximum atomic E-state index is 12.9. The number of nitriles is 1. The molecule has 0 saturated heterocycles. The van der Waals surface area contributed by atoms with E-state index in [2.05, 4.69) is 32.0 Å². The van der Waals surface area contributed by atoms with E-state index in [1.165, 1.54) is 13.1 Å². The Labute approximate surface area is 242 Å². The first-order valence-corrected chi connectivity index (χ1v) is 13.4. The van der Waals surface area contributed by atoms with Gasteiger partial charge in [-0.3, -0.25) is 9.78 Å². The smallest absolute Gasteiger partial charge is 0.162 e. The zero-order valence-electron chi connectivity index (χ0n) is 22.3. The summed E-state index contributed by atoms with van der Waals surface area (Å²) < 4.78 is 11.5. The molecule has 3 aromatic carbocycles. The highest BCUT2D eigenvalue weighted by atomic mass is 35.5. The van der Waals surface area contributed by atoms with E-state index in [1.807, 2.05) is 6.07 Å². The van der Waals surface area contributed by atoms with Crippen LogP contribution in [-0.2, 0) is 0 Å². The Morgan fingerprint density at radius 1 is 1.15 bits per heavy atom. The Hall–Kier alpha value is -4.45. The molecule has 1 fully saturated rings. The lowest BCUT2D eigenvalue weighted by Gasteiger charge is -2.21. The molecule has 2 heterocycles. The van der Waals surface area contributed by atoms with Gasteiger partial charge in [-0.05, 0) is 61.7 Å². The molecule has 198 valence electrons. The lowest BCUT2D eigenvalue weighted by molar-refractivity contribution is 0.101. The molecule has 6 rings (SSSR count). The van der Waals surface area contributed by atoms with Crippen LogP contribution < -0.4 is 10.6 Å². The van der Waals surface area contributed by atoms with Crippen LogP contribution in [0.25, 0.3) is 10.9 Å². The number of hydrogen-bond donors (Lipinski definition) is 2. The second kappa shape index (κ2) is 10.6. The Morgan fingerprint density at radius 3 is 2.70 bits per heavy atom. The van der Waals surface area contributed by atoms with Crippen molar-refractivity contribution in [1.82, 2.24) is 20.0 Å². The van der Waals surface area contributed by atoms with Crippen molar-refractivity contribution in [2.24, 2.45) is 0 Å². The Kier molecular flexibility index (Phi) is 6.52. The molecule has 2 N–H and O–H groups in total. The fourth-order valence-electron chi connectivity index (χ4n) is 4.56. The molecule has 5 aromatic rings. The minimum absolute atomic E-state index is 0.224. The van der Waals surface area contributed by atoms with Crippen LogP contribution >= 0.6 is 23.2 Å². The van der Waals surface area contributed by atoms with E-state index in [1.54, 1.807) is 65.5 Å². The Balaban J connectivity index is 1.54. The number of halogens is 2. The largest absolute Gasteiger partial charge is 0.373 e. The molecule has 1 saturated carbocycles. The van der Waals surface area contributed by atoms with E-state index >= 15 is 0 Å². The van der Waals surface area contributed by atoms with E-state index in [0.717, 1.165) is 12.8 Å². The summed E-state index contributed by atoms with van der Waals surface area (Å²) in [4.78, 5) is 17.3. The molecule has 10 heteroatoms. The van der Waals surface area contributed by atoms with Crippen molar-refractivity contribution in [2.75, 3.05) is 10.6 Å². The number of anilines is 3. The van der Waals surface area contributed by atoms with E-state index in [-0.39, 0.29) is 17.4 Å². The van der Waals surface area contributed by atoms with Gasteiger partial charge in [0.25, 0.3) is 0 Å². The Bertz CT molecular complexity index is 1860. The molecular weight excluding hydrogens is 545 g/mol. The van der Waals surface area contributed by atoms with Gasteiger partial charge in [0.15, 0.2) is 5.78 Å². The molecule has 1 unspecified atom stereocenters. The van der Waals surface area contributed by atoms with Gasteiger partial charge in [0.2, 0.25) is 0 Å². The highest BCUT2D eigenvalue weighted by Crippen LogP contribution is 2.38. The van der Waals surface area contributed by atoms with Gasteiger partial charge >= 0.3 is 0 Å². The summed E-state index contributed by atoms with van der Waals surface area (Å²) in [5, 5.41) is 26.5. The zero-order chi connectivity index (χ0) is 28.7. The average Bonchev–Trinajstić information content (AvgIpc) is 3.68. The van der Waals surface area contributed by atoms with Crippen LogP contribution in [-0.4, -0.2) is 25.8 Å². The predicted octanol–water partition coefficient (Wildman–Crippen LogP) is 7.49. The topological polar surface area (TPSA) is 109 Å². The third kappa shape index (κ3) is 5.09. The van der Waals surface area contributed by atoms with Crippen LogP contribution in [0.5, 0.6) is 0 Å². The van der Waals surface area contributed by atoms with E-state index in [0.29, 0.717) is 54.8 Å². The molecule has 2 aromatic heterocycles. The van der Waals surface area contributed by atoms with Gasteiger partial charge in [0.1, 0.15) is 11.8 Å². The van der Waals surface area contributed by atoms with Crippen molar-refractivity contribution >= 4 is 57.0 Å². The summed E-state index contributed by atoms with van der Waals surface area (Å²) in [7, 11) is 0. The third-order valence-electron chi connectivity index (χ3n) is 6.67. The molecule has 1 atom stereocenters. The minimum Gasteiger partial charge on any atom is -0.373 e. The summed E-state index contributed by atoms with van der Waals surface area (Å²) in [6.07, 6.45) is 5.21. The zero-order valence-corrected chi connectivity index (χ0v) is 22.8. The number of fused-ring (bicyclic) bond motifs is 1. The first-order chi connectivity index (χ1) is 19.8. The number of benzene rings is 3. The standard InChI is InChI=1S/C30H23Cl2N7O/c1-17(40)24-12-21(13-25-28(18(14-33)15-34-29(24)25)35-20-6-4-5-19(31)11-20)36-30(23-7-2-3-8-26(23)32)27-16-39(38-37-27)22-9-10-22/h2-8,11-13,15-16,22,30,36H,9-10H2,1H3,(H,34,35)/i30D. The van der Waals surface area contributed by atoms with E-state index < -0.39 is 6.02 Å². The number of nitrogens with one attached hydrogen (secondary N) is 2. The summed E-state index contributed by atoms with van der Waals surface area (Å²) in [6.45, 7) is 1.45. The molecule has 1 aliphatic carbocycles. The highest BCUT2D eigenvalue weighted by Gasteiger charge is 2.28. The second-order valence-corrected chi connectivity index (χ2v) is 10.4. The molecule has 8 nitrogen and oxygen atoms in total. The number of aromatic nitrogens is 4. The molecule has 0 spiro atoms. The highest BCUT2D eigenvalue weighted by molar-refractivity contribution is 6.31. The number of hydrogen-bond acceptors (Lipinski definition) is 7. The fraction of sp³-hybridized carbons (Fsp3) is 0.167. The van der Waals surface area contributed by atoms with Crippen molar-refractivity contribution in [3.05, 3.63) is 105 Å². The van der Waals surface area contributed by atoms with Crippen molar-refractivity contribution in [1.29, 1.82) is 5.26 Å². The van der Waals surface area contributed by atoms with Gasteiger partial charge in [-0.25, -0.2) is 4.68 Å². The lowest BCUT2D eigenvalue weighted by Crippen LogP contribution is -2.14. The van der Waals surface area contributed by atoms with Gasteiger partial charge in [0, 0.05) is 38.6 Å². The van der Waals surface area contributed by atoms with Gasteiger partial charge in [0.05, 0.1) is 36.4 Å². The molecule has 0 amide bonds.